The third-order valence-electron chi connectivity index (χ3n) is 8.07. The van der Waals surface area contributed by atoms with Crippen LogP contribution in [-0.2, 0) is 0 Å². The summed E-state index contributed by atoms with van der Waals surface area (Å²) in [5, 5.41) is 0. The zero-order valence-electron chi connectivity index (χ0n) is 19.4. The van der Waals surface area contributed by atoms with Crippen molar-refractivity contribution in [1.29, 1.82) is 0 Å². The number of piperidine rings is 2. The summed E-state index contributed by atoms with van der Waals surface area (Å²) in [6, 6.07) is 2.39. The first-order valence-electron chi connectivity index (χ1n) is 12.5. The summed E-state index contributed by atoms with van der Waals surface area (Å²) < 4.78 is 0. The lowest BCUT2D eigenvalue weighted by Gasteiger charge is -2.44. The largest absolute Gasteiger partial charge is 0.301 e. The molecular weight excluding hydrogens is 344 g/mol. The Hall–Kier alpha value is -0.160. The number of unbranched alkanes of at least 4 members (excludes halogenated alkanes) is 2. The Balaban J connectivity index is 1.32. The highest BCUT2D eigenvalue weighted by atomic mass is 15.3. The fraction of sp³-hybridized carbons (Fsp3) is 1.00. The van der Waals surface area contributed by atoms with E-state index in [0.29, 0.717) is 0 Å². The summed E-state index contributed by atoms with van der Waals surface area (Å²) in [4.78, 5) is 10.9. The Labute approximate surface area is 175 Å². The van der Waals surface area contributed by atoms with Gasteiger partial charge in [-0.3, -0.25) is 0 Å². The predicted molar refractivity (Wildman–Crippen MR) is 121 cm³/mol. The van der Waals surface area contributed by atoms with Crippen LogP contribution in [0.15, 0.2) is 0 Å². The fourth-order valence-electron chi connectivity index (χ4n) is 5.72. The number of nitrogens with zero attached hydrogens (tertiary/aromatic N) is 4. The fourth-order valence-corrected chi connectivity index (χ4v) is 5.72. The molecule has 3 fully saturated rings. The van der Waals surface area contributed by atoms with E-state index in [1.165, 1.54) is 104 Å². The van der Waals surface area contributed by atoms with Crippen LogP contribution in [0.3, 0.4) is 0 Å². The van der Waals surface area contributed by atoms with Gasteiger partial charge in [0.2, 0.25) is 0 Å². The summed E-state index contributed by atoms with van der Waals surface area (Å²) in [5.74, 6) is 0.936. The van der Waals surface area contributed by atoms with Crippen molar-refractivity contribution in [2.45, 2.75) is 90.3 Å². The van der Waals surface area contributed by atoms with Gasteiger partial charge < -0.3 is 19.6 Å². The minimum absolute atomic E-state index is 0.725. The highest BCUT2D eigenvalue weighted by Gasteiger charge is 2.30. The molecule has 0 bridgehead atoms. The molecule has 4 heteroatoms. The molecule has 0 saturated carbocycles. The standard InChI is InChI=1S/C24H48N4/c1-5-6-7-8-21(2)27-15-11-24(12-16-27)28-13-9-23(10-14-28)20-26-18-17-25(4)22(3)19-26/h21-24H,5-20H2,1-4H3/t21?,22-/m0/s1. The second kappa shape index (κ2) is 11.3. The van der Waals surface area contributed by atoms with Gasteiger partial charge in [-0.25, -0.2) is 0 Å². The molecule has 0 spiro atoms. The number of rotatable bonds is 8. The molecule has 3 aliphatic rings. The van der Waals surface area contributed by atoms with E-state index < -0.39 is 0 Å². The summed E-state index contributed by atoms with van der Waals surface area (Å²) in [7, 11) is 2.28. The second-order valence-electron chi connectivity index (χ2n) is 10.2. The van der Waals surface area contributed by atoms with E-state index in [-0.39, 0.29) is 0 Å². The molecule has 3 heterocycles. The molecule has 0 amide bonds. The average molecular weight is 393 g/mol. The van der Waals surface area contributed by atoms with Crippen LogP contribution >= 0.6 is 0 Å². The number of likely N-dealkylation sites (tertiary alicyclic amines) is 2. The number of likely N-dealkylation sites (N-methyl/N-ethyl adjacent to an activating group) is 1. The van der Waals surface area contributed by atoms with Gasteiger partial charge in [-0.2, -0.15) is 0 Å². The van der Waals surface area contributed by atoms with Gasteiger partial charge in [0.25, 0.3) is 0 Å². The van der Waals surface area contributed by atoms with Crippen molar-refractivity contribution in [2.75, 3.05) is 59.4 Å². The quantitative estimate of drug-likeness (QED) is 0.583. The third-order valence-corrected chi connectivity index (χ3v) is 8.07. The van der Waals surface area contributed by atoms with Crippen LogP contribution in [0, 0.1) is 5.92 Å². The zero-order valence-corrected chi connectivity index (χ0v) is 19.4. The van der Waals surface area contributed by atoms with E-state index in [1.807, 2.05) is 0 Å². The van der Waals surface area contributed by atoms with Crippen molar-refractivity contribution in [1.82, 2.24) is 19.6 Å². The summed E-state index contributed by atoms with van der Waals surface area (Å²) in [6.07, 6.45) is 11.2. The minimum atomic E-state index is 0.725. The van der Waals surface area contributed by atoms with E-state index in [4.69, 9.17) is 0 Å². The van der Waals surface area contributed by atoms with Crippen LogP contribution < -0.4 is 0 Å². The Morgan fingerprint density at radius 2 is 1.61 bits per heavy atom. The molecular formula is C24H48N4. The molecule has 1 unspecified atom stereocenters. The monoisotopic (exact) mass is 392 g/mol. The minimum Gasteiger partial charge on any atom is -0.301 e. The first-order valence-corrected chi connectivity index (χ1v) is 12.5. The van der Waals surface area contributed by atoms with Crippen molar-refractivity contribution >= 4 is 0 Å². The topological polar surface area (TPSA) is 13.0 Å². The van der Waals surface area contributed by atoms with Crippen LogP contribution in [0.4, 0.5) is 0 Å². The number of hydrogen-bond donors (Lipinski definition) is 0. The highest BCUT2D eigenvalue weighted by Crippen LogP contribution is 2.26. The molecule has 3 aliphatic heterocycles. The molecule has 0 aromatic rings. The van der Waals surface area contributed by atoms with Crippen molar-refractivity contribution < 1.29 is 0 Å². The van der Waals surface area contributed by atoms with Crippen molar-refractivity contribution in [2.24, 2.45) is 5.92 Å². The van der Waals surface area contributed by atoms with Crippen LogP contribution in [0.5, 0.6) is 0 Å². The van der Waals surface area contributed by atoms with Crippen molar-refractivity contribution in [3.05, 3.63) is 0 Å². The summed E-state index contributed by atoms with van der Waals surface area (Å²) in [6.45, 7) is 17.7. The van der Waals surface area contributed by atoms with Gasteiger partial charge in [-0.05, 0) is 85.1 Å². The average Bonchev–Trinajstić information content (AvgIpc) is 2.72. The van der Waals surface area contributed by atoms with Gasteiger partial charge in [0.05, 0.1) is 0 Å². The van der Waals surface area contributed by atoms with E-state index in [1.54, 1.807) is 0 Å². The lowest BCUT2D eigenvalue weighted by molar-refractivity contribution is 0.0450. The first kappa shape index (κ1) is 22.5. The summed E-state index contributed by atoms with van der Waals surface area (Å²) >= 11 is 0. The maximum absolute atomic E-state index is 2.85. The smallest absolute Gasteiger partial charge is 0.0192 e. The van der Waals surface area contributed by atoms with Gasteiger partial charge in [0, 0.05) is 44.3 Å². The number of piperazine rings is 1. The molecule has 0 radical (unpaired) electrons. The summed E-state index contributed by atoms with van der Waals surface area (Å²) in [5.41, 5.74) is 0. The molecule has 0 N–H and O–H groups in total. The Bertz CT molecular complexity index is 426. The highest BCUT2D eigenvalue weighted by molar-refractivity contribution is 4.86. The Kier molecular flexibility index (Phi) is 9.08. The molecule has 4 nitrogen and oxygen atoms in total. The van der Waals surface area contributed by atoms with Crippen LogP contribution in [0.25, 0.3) is 0 Å². The molecule has 28 heavy (non-hydrogen) atoms. The normalized spacial score (nSPS) is 29.4. The van der Waals surface area contributed by atoms with Gasteiger partial charge in [0.1, 0.15) is 0 Å². The van der Waals surface area contributed by atoms with E-state index in [9.17, 15) is 0 Å². The van der Waals surface area contributed by atoms with E-state index in [0.717, 1.165) is 24.0 Å². The molecule has 0 aromatic heterocycles. The maximum atomic E-state index is 2.85. The van der Waals surface area contributed by atoms with Gasteiger partial charge in [-0.1, -0.05) is 26.2 Å². The van der Waals surface area contributed by atoms with Crippen LogP contribution in [0.1, 0.15) is 72.1 Å². The lowest BCUT2D eigenvalue weighted by Crippen LogP contribution is -2.53. The molecule has 2 atom stereocenters. The SMILES string of the molecule is CCCCCC(C)N1CCC(N2CCC(CN3CCN(C)[C@@H](C)C3)CC2)CC1. The number of hydrogen-bond acceptors (Lipinski definition) is 4. The third kappa shape index (κ3) is 6.42. The predicted octanol–water partition coefficient (Wildman–Crippen LogP) is 3.77. The van der Waals surface area contributed by atoms with Crippen LogP contribution in [0.2, 0.25) is 0 Å². The van der Waals surface area contributed by atoms with Crippen molar-refractivity contribution in [3.63, 3.8) is 0 Å². The second-order valence-corrected chi connectivity index (χ2v) is 10.2. The van der Waals surface area contributed by atoms with Crippen LogP contribution in [-0.4, -0.2) is 97.1 Å². The van der Waals surface area contributed by atoms with E-state index in [2.05, 4.69) is 47.4 Å². The molecule has 0 aromatic carbocycles. The van der Waals surface area contributed by atoms with Gasteiger partial charge in [-0.15, -0.1) is 0 Å². The molecule has 3 rings (SSSR count). The van der Waals surface area contributed by atoms with Crippen molar-refractivity contribution in [3.8, 4) is 0 Å². The Morgan fingerprint density at radius 1 is 0.893 bits per heavy atom. The van der Waals surface area contributed by atoms with Gasteiger partial charge in [0.15, 0.2) is 0 Å². The maximum Gasteiger partial charge on any atom is 0.0192 e. The lowest BCUT2D eigenvalue weighted by atomic mass is 9.92. The van der Waals surface area contributed by atoms with E-state index >= 15 is 0 Å². The first-order chi connectivity index (χ1) is 13.6. The van der Waals surface area contributed by atoms with Gasteiger partial charge >= 0.3 is 0 Å². The molecule has 164 valence electrons. The molecule has 3 saturated heterocycles. The Morgan fingerprint density at radius 3 is 2.25 bits per heavy atom. The molecule has 0 aliphatic carbocycles. The zero-order chi connectivity index (χ0) is 19.9.